The molecular weight excluding hydrogens is 367 g/mol. The normalized spacial score (nSPS) is 15.1. The number of likely N-dealkylation sites (tertiary alicyclic amines) is 1. The molecule has 0 atom stereocenters. The summed E-state index contributed by atoms with van der Waals surface area (Å²) < 4.78 is 14.2. The predicted molar refractivity (Wildman–Crippen MR) is 104 cm³/mol. The first-order valence-corrected chi connectivity index (χ1v) is 9.26. The summed E-state index contributed by atoms with van der Waals surface area (Å²) in [5.41, 5.74) is 0.366. The molecule has 0 unspecified atom stereocenters. The van der Waals surface area contributed by atoms with Crippen molar-refractivity contribution in [3.05, 3.63) is 77.2 Å². The number of carbonyl (C=O) groups is 2. The van der Waals surface area contributed by atoms with E-state index in [9.17, 15) is 14.0 Å². The fraction of sp³-hybridized carbons (Fsp3) is 0.238. The van der Waals surface area contributed by atoms with Crippen molar-refractivity contribution in [2.45, 2.75) is 19.3 Å². The molecule has 1 fully saturated rings. The minimum absolute atomic E-state index is 0.0767. The van der Waals surface area contributed by atoms with Gasteiger partial charge in [-0.05, 0) is 37.5 Å². The Balaban J connectivity index is 1.98. The van der Waals surface area contributed by atoms with Crippen LogP contribution in [0.4, 0.5) is 4.39 Å². The third-order valence-corrected chi connectivity index (χ3v) is 4.85. The number of hydrogen-bond donors (Lipinski definition) is 1. The zero-order valence-electron chi connectivity index (χ0n) is 14.8. The Bertz CT molecular complexity index is 861. The Labute approximate surface area is 162 Å². The summed E-state index contributed by atoms with van der Waals surface area (Å²) in [6.07, 6.45) is 2.84. The quantitative estimate of drug-likeness (QED) is 0.801. The van der Waals surface area contributed by atoms with Gasteiger partial charge in [-0.1, -0.05) is 48.0 Å². The van der Waals surface area contributed by atoms with Crippen LogP contribution in [-0.2, 0) is 4.79 Å². The van der Waals surface area contributed by atoms with Crippen LogP contribution >= 0.6 is 11.6 Å². The molecular formula is C21H20ClFN2O2. The predicted octanol–water partition coefficient (Wildman–Crippen LogP) is 4.18. The third kappa shape index (κ3) is 4.55. The first-order valence-electron chi connectivity index (χ1n) is 8.88. The maximum Gasteiger partial charge on any atom is 0.271 e. The lowest BCUT2D eigenvalue weighted by Crippen LogP contribution is -2.41. The van der Waals surface area contributed by atoms with Gasteiger partial charge in [0.1, 0.15) is 11.5 Å². The van der Waals surface area contributed by atoms with Gasteiger partial charge in [-0.25, -0.2) is 4.39 Å². The molecule has 0 aromatic heterocycles. The number of nitrogens with one attached hydrogen (secondary N) is 1. The Kier molecular flexibility index (Phi) is 6.24. The van der Waals surface area contributed by atoms with E-state index in [4.69, 9.17) is 11.6 Å². The highest BCUT2D eigenvalue weighted by molar-refractivity contribution is 6.51. The zero-order chi connectivity index (χ0) is 19.2. The molecule has 1 N–H and O–H groups in total. The van der Waals surface area contributed by atoms with Crippen LogP contribution in [0.25, 0.3) is 5.03 Å². The molecule has 0 bridgehead atoms. The van der Waals surface area contributed by atoms with Crippen LogP contribution in [0.5, 0.6) is 0 Å². The van der Waals surface area contributed by atoms with E-state index in [0.29, 0.717) is 18.7 Å². The maximum absolute atomic E-state index is 14.2. The highest BCUT2D eigenvalue weighted by Crippen LogP contribution is 2.26. The van der Waals surface area contributed by atoms with Gasteiger partial charge in [-0.2, -0.15) is 0 Å². The summed E-state index contributed by atoms with van der Waals surface area (Å²) in [5, 5.41) is 2.50. The zero-order valence-corrected chi connectivity index (χ0v) is 15.5. The van der Waals surface area contributed by atoms with Gasteiger partial charge in [0, 0.05) is 24.2 Å². The number of halogens is 2. The molecule has 1 aliphatic heterocycles. The van der Waals surface area contributed by atoms with E-state index in [0.717, 1.165) is 19.3 Å². The van der Waals surface area contributed by atoms with Gasteiger partial charge < -0.3 is 10.2 Å². The number of piperidine rings is 1. The number of rotatable bonds is 4. The lowest BCUT2D eigenvalue weighted by atomic mass is 10.1. The molecule has 1 aliphatic rings. The molecule has 0 radical (unpaired) electrons. The molecule has 0 spiro atoms. The largest absolute Gasteiger partial charge is 0.337 e. The Hall–Kier alpha value is -2.66. The maximum atomic E-state index is 14.2. The van der Waals surface area contributed by atoms with Crippen molar-refractivity contribution in [3.63, 3.8) is 0 Å². The van der Waals surface area contributed by atoms with Crippen molar-refractivity contribution in [2.24, 2.45) is 0 Å². The van der Waals surface area contributed by atoms with Crippen molar-refractivity contribution in [1.82, 2.24) is 10.2 Å². The van der Waals surface area contributed by atoms with E-state index in [-0.39, 0.29) is 16.3 Å². The highest BCUT2D eigenvalue weighted by atomic mass is 35.5. The average Bonchev–Trinajstić information content (AvgIpc) is 2.72. The van der Waals surface area contributed by atoms with E-state index in [1.165, 1.54) is 18.2 Å². The van der Waals surface area contributed by atoms with Gasteiger partial charge >= 0.3 is 0 Å². The van der Waals surface area contributed by atoms with Crippen LogP contribution in [0.2, 0.25) is 0 Å². The summed E-state index contributed by atoms with van der Waals surface area (Å²) in [6.45, 7) is 1.18. The molecule has 2 aromatic rings. The lowest BCUT2D eigenvalue weighted by Gasteiger charge is -2.28. The molecule has 1 saturated heterocycles. The van der Waals surface area contributed by atoms with E-state index in [1.54, 1.807) is 41.3 Å². The minimum Gasteiger partial charge on any atom is -0.337 e. The van der Waals surface area contributed by atoms with Crippen LogP contribution in [0.15, 0.2) is 60.3 Å². The van der Waals surface area contributed by atoms with Gasteiger partial charge in [0.2, 0.25) is 0 Å². The van der Waals surface area contributed by atoms with E-state index in [1.807, 2.05) is 0 Å². The SMILES string of the molecule is O=C(N/C(C(=O)N1CCCCC1)=C(\Cl)c1ccccc1F)c1ccccc1. The molecule has 2 amide bonds. The van der Waals surface area contributed by atoms with Gasteiger partial charge in [0.15, 0.2) is 0 Å². The minimum atomic E-state index is -0.555. The van der Waals surface area contributed by atoms with Crippen molar-refractivity contribution in [2.75, 3.05) is 13.1 Å². The van der Waals surface area contributed by atoms with Crippen LogP contribution in [-0.4, -0.2) is 29.8 Å². The van der Waals surface area contributed by atoms with Gasteiger partial charge in [0.25, 0.3) is 11.8 Å². The molecule has 27 heavy (non-hydrogen) atoms. The van der Waals surface area contributed by atoms with Gasteiger partial charge in [-0.15, -0.1) is 0 Å². The number of amides is 2. The van der Waals surface area contributed by atoms with E-state index in [2.05, 4.69) is 5.32 Å². The van der Waals surface area contributed by atoms with Crippen molar-refractivity contribution >= 4 is 28.4 Å². The lowest BCUT2D eigenvalue weighted by molar-refractivity contribution is -0.128. The highest BCUT2D eigenvalue weighted by Gasteiger charge is 2.26. The molecule has 0 aliphatic carbocycles. The Morgan fingerprint density at radius 3 is 2.22 bits per heavy atom. The van der Waals surface area contributed by atoms with Gasteiger partial charge in [-0.3, -0.25) is 9.59 Å². The second-order valence-corrected chi connectivity index (χ2v) is 6.72. The molecule has 4 nitrogen and oxygen atoms in total. The summed E-state index contributed by atoms with van der Waals surface area (Å²) in [6, 6.07) is 14.4. The van der Waals surface area contributed by atoms with Crippen molar-refractivity contribution in [1.29, 1.82) is 0 Å². The van der Waals surface area contributed by atoms with Crippen molar-refractivity contribution in [3.8, 4) is 0 Å². The number of nitrogens with zero attached hydrogens (tertiary/aromatic N) is 1. The smallest absolute Gasteiger partial charge is 0.271 e. The summed E-state index contributed by atoms with van der Waals surface area (Å²) in [4.78, 5) is 27.3. The molecule has 6 heteroatoms. The number of carbonyl (C=O) groups excluding carboxylic acids is 2. The monoisotopic (exact) mass is 386 g/mol. The second kappa shape index (κ2) is 8.82. The van der Waals surface area contributed by atoms with Crippen LogP contribution in [0.1, 0.15) is 35.2 Å². The Morgan fingerprint density at radius 1 is 0.926 bits per heavy atom. The van der Waals surface area contributed by atoms with E-state index >= 15 is 0 Å². The third-order valence-electron chi connectivity index (χ3n) is 4.46. The van der Waals surface area contributed by atoms with Crippen LogP contribution < -0.4 is 5.32 Å². The van der Waals surface area contributed by atoms with Crippen LogP contribution in [0.3, 0.4) is 0 Å². The standard InChI is InChI=1S/C21H20ClFN2O2/c22-18(16-11-5-6-12-17(16)23)19(21(27)25-13-7-2-8-14-25)24-20(26)15-9-3-1-4-10-15/h1,3-6,9-12H,2,7-8,13-14H2,(H,24,26)/b19-18-. The number of benzene rings is 2. The first-order chi connectivity index (χ1) is 13.1. The summed E-state index contributed by atoms with van der Waals surface area (Å²) in [7, 11) is 0. The topological polar surface area (TPSA) is 49.4 Å². The fourth-order valence-corrected chi connectivity index (χ4v) is 3.29. The van der Waals surface area contributed by atoms with Gasteiger partial charge in [0.05, 0.1) is 5.03 Å². The fourth-order valence-electron chi connectivity index (χ4n) is 3.01. The molecule has 3 rings (SSSR count). The molecule has 140 valence electrons. The van der Waals surface area contributed by atoms with Crippen LogP contribution in [0, 0.1) is 5.82 Å². The summed E-state index contributed by atoms with van der Waals surface area (Å²) in [5.74, 6) is -1.42. The molecule has 2 aromatic carbocycles. The molecule has 1 heterocycles. The number of hydrogen-bond acceptors (Lipinski definition) is 2. The first kappa shape index (κ1) is 19.1. The Morgan fingerprint density at radius 2 is 1.56 bits per heavy atom. The molecule has 0 saturated carbocycles. The second-order valence-electron chi connectivity index (χ2n) is 6.34. The van der Waals surface area contributed by atoms with E-state index < -0.39 is 17.6 Å². The average molecular weight is 387 g/mol. The van der Waals surface area contributed by atoms with Crippen molar-refractivity contribution < 1.29 is 14.0 Å². The summed E-state index contributed by atoms with van der Waals surface area (Å²) >= 11 is 6.40.